The summed E-state index contributed by atoms with van der Waals surface area (Å²) in [6.45, 7) is 2.95. The van der Waals surface area contributed by atoms with Gasteiger partial charge in [-0.2, -0.15) is 11.8 Å². The smallest absolute Gasteiger partial charge is 0.339 e. The number of amides is 2. The van der Waals surface area contributed by atoms with E-state index in [1.807, 2.05) is 0 Å². The maximum atomic E-state index is 12.8. The van der Waals surface area contributed by atoms with E-state index in [0.29, 0.717) is 23.3 Å². The summed E-state index contributed by atoms with van der Waals surface area (Å²) in [5, 5.41) is 15.2. The lowest BCUT2D eigenvalue weighted by Gasteiger charge is -2.23. The number of cyclic esters (lactones) is 1. The maximum Gasteiger partial charge on any atom is 0.339 e. The second-order valence-corrected chi connectivity index (χ2v) is 7.37. The Hall–Kier alpha value is -2.95. The number of hydrogen-bond acceptors (Lipinski definition) is 9. The van der Waals surface area contributed by atoms with Crippen molar-refractivity contribution in [3.8, 4) is 11.5 Å². The van der Waals surface area contributed by atoms with Crippen LogP contribution in [-0.4, -0.2) is 67.5 Å². The van der Waals surface area contributed by atoms with E-state index in [0.717, 1.165) is 0 Å². The van der Waals surface area contributed by atoms with Crippen LogP contribution in [0.2, 0.25) is 0 Å². The summed E-state index contributed by atoms with van der Waals surface area (Å²) < 4.78 is 15.4. The molecule has 1 aliphatic rings. The predicted molar refractivity (Wildman–Crippen MR) is 107 cm³/mol. The van der Waals surface area contributed by atoms with Crippen LogP contribution < -0.4 is 15.4 Å². The number of fused-ring (bicyclic) bond motifs is 1. The summed E-state index contributed by atoms with van der Waals surface area (Å²) in [5.74, 6) is -1.67. The number of ether oxygens (including phenoxy) is 3. The van der Waals surface area contributed by atoms with Gasteiger partial charge < -0.3 is 30.0 Å². The first-order chi connectivity index (χ1) is 14.3. The Bertz CT molecular complexity index is 829. The average Bonchev–Trinajstić information content (AvgIpc) is 2.71. The van der Waals surface area contributed by atoms with Crippen LogP contribution in [0, 0.1) is 6.92 Å². The van der Waals surface area contributed by atoms with Crippen molar-refractivity contribution in [3.05, 3.63) is 22.8 Å². The van der Waals surface area contributed by atoms with Gasteiger partial charge in [-0.05, 0) is 13.8 Å². The molecule has 10 nitrogen and oxygen atoms in total. The lowest BCUT2D eigenvalue weighted by molar-refractivity contribution is -0.147. The molecular weight excluding hydrogens is 416 g/mol. The van der Waals surface area contributed by atoms with Gasteiger partial charge in [-0.1, -0.05) is 0 Å². The van der Waals surface area contributed by atoms with E-state index in [4.69, 9.17) is 14.2 Å². The summed E-state index contributed by atoms with van der Waals surface area (Å²) in [7, 11) is 1.40. The number of aromatic hydroxyl groups is 1. The molecular formula is C19H24N2O8S. The lowest BCUT2D eigenvalue weighted by Crippen LogP contribution is -2.53. The van der Waals surface area contributed by atoms with Crippen LogP contribution >= 0.6 is 11.8 Å². The number of esters is 2. The highest BCUT2D eigenvalue weighted by atomic mass is 32.2. The summed E-state index contributed by atoms with van der Waals surface area (Å²) in [6.07, 6.45) is 0.298. The molecule has 0 radical (unpaired) electrons. The zero-order valence-electron chi connectivity index (χ0n) is 16.9. The largest absolute Gasteiger partial charge is 0.507 e. The van der Waals surface area contributed by atoms with Crippen LogP contribution in [0.1, 0.15) is 28.4 Å². The van der Waals surface area contributed by atoms with Crippen molar-refractivity contribution in [2.24, 2.45) is 0 Å². The van der Waals surface area contributed by atoms with E-state index in [-0.39, 0.29) is 29.4 Å². The van der Waals surface area contributed by atoms with Crippen molar-refractivity contribution in [3.63, 3.8) is 0 Å². The van der Waals surface area contributed by atoms with Crippen molar-refractivity contribution in [1.29, 1.82) is 0 Å². The minimum atomic E-state index is -1.21. The minimum absolute atomic E-state index is 0.109. The number of methoxy groups -OCH3 is 1. The Labute approximate surface area is 177 Å². The van der Waals surface area contributed by atoms with Gasteiger partial charge in [-0.15, -0.1) is 0 Å². The summed E-state index contributed by atoms with van der Waals surface area (Å²) >= 11 is 1.21. The van der Waals surface area contributed by atoms with Crippen LogP contribution in [0.5, 0.6) is 11.5 Å². The number of carbonyl (C=O) groups excluding carboxylic acids is 4. The van der Waals surface area contributed by atoms with E-state index in [1.54, 1.807) is 13.8 Å². The molecule has 0 aliphatic carbocycles. The monoisotopic (exact) mass is 440 g/mol. The normalized spacial score (nSPS) is 19.8. The molecule has 0 fully saturated rings. The average molecular weight is 440 g/mol. The summed E-state index contributed by atoms with van der Waals surface area (Å²) in [5.41, 5.74) is 0.884. The number of phenols is 1. The van der Waals surface area contributed by atoms with Gasteiger partial charge >= 0.3 is 11.9 Å². The third-order valence-electron chi connectivity index (χ3n) is 4.43. The van der Waals surface area contributed by atoms with E-state index < -0.39 is 36.5 Å². The molecule has 0 bridgehead atoms. The van der Waals surface area contributed by atoms with Gasteiger partial charge in [0.05, 0.1) is 19.3 Å². The van der Waals surface area contributed by atoms with Crippen LogP contribution in [0.15, 0.2) is 6.07 Å². The van der Waals surface area contributed by atoms with Crippen LogP contribution in [0.3, 0.4) is 0 Å². The Morgan fingerprint density at radius 3 is 2.83 bits per heavy atom. The molecule has 0 unspecified atom stereocenters. The number of rotatable bonds is 5. The highest BCUT2D eigenvalue weighted by Crippen LogP contribution is 2.35. The number of carbonyl (C=O) groups is 4. The van der Waals surface area contributed by atoms with E-state index in [1.165, 1.54) is 24.9 Å². The quantitative estimate of drug-likeness (QED) is 0.435. The van der Waals surface area contributed by atoms with Crippen molar-refractivity contribution < 1.29 is 38.5 Å². The van der Waals surface area contributed by atoms with Crippen LogP contribution in [-0.2, 0) is 29.6 Å². The zero-order chi connectivity index (χ0) is 22.3. The first kappa shape index (κ1) is 23.3. The number of nitrogens with one attached hydrogen (secondary N) is 2. The van der Waals surface area contributed by atoms with Gasteiger partial charge in [-0.3, -0.25) is 9.59 Å². The molecule has 2 amide bonds. The molecule has 0 saturated carbocycles. The van der Waals surface area contributed by atoms with Crippen molar-refractivity contribution in [2.45, 2.75) is 31.7 Å². The van der Waals surface area contributed by atoms with Crippen LogP contribution in [0.4, 0.5) is 0 Å². The van der Waals surface area contributed by atoms with E-state index in [9.17, 15) is 24.3 Å². The molecule has 30 heavy (non-hydrogen) atoms. The zero-order valence-corrected chi connectivity index (χ0v) is 17.7. The predicted octanol–water partition coefficient (Wildman–Crippen LogP) is 0.275. The fourth-order valence-electron chi connectivity index (χ4n) is 2.91. The summed E-state index contributed by atoms with van der Waals surface area (Å²) in [4.78, 5) is 48.4. The minimum Gasteiger partial charge on any atom is -0.507 e. The molecule has 0 saturated heterocycles. The molecule has 1 aliphatic heterocycles. The molecule has 2 rings (SSSR count). The fourth-order valence-corrected chi connectivity index (χ4v) is 3.98. The first-order valence-electron chi connectivity index (χ1n) is 9.14. The number of hydrogen-bond donors (Lipinski definition) is 3. The second kappa shape index (κ2) is 10.7. The highest BCUT2D eigenvalue weighted by molar-refractivity contribution is 7.98. The maximum absolute atomic E-state index is 12.8. The third kappa shape index (κ3) is 5.35. The molecule has 1 heterocycles. The topological polar surface area (TPSA) is 140 Å². The van der Waals surface area contributed by atoms with E-state index in [2.05, 4.69) is 10.6 Å². The van der Waals surface area contributed by atoms with Gasteiger partial charge in [0.1, 0.15) is 30.2 Å². The van der Waals surface area contributed by atoms with Gasteiger partial charge in [0.2, 0.25) is 12.3 Å². The standard InChI is InChI=1S/C19H24N2O8S/c1-4-28-18(25)13-8-30-7-11-14(23)5-15(27-3)10(2)16(11)19(26)29-6-12(20-9-22)17(24)21-13/h5,9,12-13,23H,4,6-8H2,1-3H3,(H,20,22)(H,21,24)/t12-,13+/m1/s1. The van der Waals surface area contributed by atoms with E-state index >= 15 is 0 Å². The molecule has 0 spiro atoms. The Balaban J connectivity index is 2.46. The molecule has 0 aromatic heterocycles. The molecule has 164 valence electrons. The first-order valence-corrected chi connectivity index (χ1v) is 10.3. The third-order valence-corrected chi connectivity index (χ3v) is 5.49. The molecule has 11 heteroatoms. The Morgan fingerprint density at radius 2 is 2.20 bits per heavy atom. The Morgan fingerprint density at radius 1 is 1.47 bits per heavy atom. The van der Waals surface area contributed by atoms with Crippen molar-refractivity contribution >= 4 is 36.0 Å². The fraction of sp³-hybridized carbons (Fsp3) is 0.474. The molecule has 1 aromatic carbocycles. The highest BCUT2D eigenvalue weighted by Gasteiger charge is 2.30. The summed E-state index contributed by atoms with van der Waals surface area (Å²) in [6, 6.07) is -0.802. The molecule has 2 atom stereocenters. The Kier molecular flexibility index (Phi) is 8.34. The number of thioether (sulfide) groups is 1. The second-order valence-electron chi connectivity index (χ2n) is 6.34. The van der Waals surface area contributed by atoms with Crippen molar-refractivity contribution in [1.82, 2.24) is 10.6 Å². The number of phenolic OH excluding ortho intramolecular Hbond substituents is 1. The van der Waals surface area contributed by atoms with Gasteiger partial charge in [0.15, 0.2) is 0 Å². The van der Waals surface area contributed by atoms with Crippen molar-refractivity contribution in [2.75, 3.05) is 26.1 Å². The SMILES string of the molecule is CCOC(=O)[C@@H]1CSCc2c(O)cc(OC)c(C)c2C(=O)OC[C@@H](NC=O)C(=O)N1. The van der Waals surface area contributed by atoms with Gasteiger partial charge in [0.25, 0.3) is 0 Å². The van der Waals surface area contributed by atoms with Gasteiger partial charge in [0, 0.05) is 28.7 Å². The lowest BCUT2D eigenvalue weighted by atomic mass is 10.0. The van der Waals surface area contributed by atoms with Gasteiger partial charge in [-0.25, -0.2) is 9.59 Å². The molecule has 3 N–H and O–H groups in total. The number of benzene rings is 1. The van der Waals surface area contributed by atoms with Crippen LogP contribution in [0.25, 0.3) is 0 Å². The molecule has 1 aromatic rings.